The van der Waals surface area contributed by atoms with Crippen molar-refractivity contribution in [2.75, 3.05) is 12.4 Å². The fourth-order valence-corrected chi connectivity index (χ4v) is 2.17. The summed E-state index contributed by atoms with van der Waals surface area (Å²) >= 11 is 3.36. The first-order valence-electron chi connectivity index (χ1n) is 5.66. The zero-order valence-electron chi connectivity index (χ0n) is 10.6. The zero-order valence-corrected chi connectivity index (χ0v) is 12.2. The molecule has 0 atom stereocenters. The normalized spacial score (nSPS) is 10.1. The summed E-state index contributed by atoms with van der Waals surface area (Å²) in [5.74, 6) is 0.504. The third-order valence-electron chi connectivity index (χ3n) is 2.55. The first-order chi connectivity index (χ1) is 9.10. The highest BCUT2D eigenvalue weighted by Gasteiger charge is 2.09. The summed E-state index contributed by atoms with van der Waals surface area (Å²) in [6, 6.07) is 7.04. The minimum absolute atomic E-state index is 0.184. The molecule has 0 bridgehead atoms. The Kier molecular flexibility index (Phi) is 4.16. The van der Waals surface area contributed by atoms with E-state index >= 15 is 0 Å². The molecule has 0 fully saturated rings. The van der Waals surface area contributed by atoms with Crippen molar-refractivity contribution in [1.29, 1.82) is 0 Å². The van der Waals surface area contributed by atoms with Crippen LogP contribution in [-0.2, 0) is 0 Å². The quantitative estimate of drug-likeness (QED) is 0.942. The number of methoxy groups -OCH3 is 1. The lowest BCUT2D eigenvalue weighted by atomic mass is 10.2. The van der Waals surface area contributed by atoms with Gasteiger partial charge in [0.15, 0.2) is 0 Å². The molecule has 0 radical (unpaired) electrons. The number of carbonyl (C=O) groups excluding carboxylic acids is 1. The van der Waals surface area contributed by atoms with Crippen LogP contribution >= 0.6 is 15.9 Å². The van der Waals surface area contributed by atoms with Gasteiger partial charge in [-0.3, -0.25) is 9.78 Å². The van der Waals surface area contributed by atoms with Crippen molar-refractivity contribution in [2.45, 2.75) is 6.92 Å². The van der Waals surface area contributed by atoms with Crippen molar-refractivity contribution in [3.05, 3.63) is 52.3 Å². The van der Waals surface area contributed by atoms with E-state index in [0.29, 0.717) is 17.0 Å². The Morgan fingerprint density at radius 3 is 2.74 bits per heavy atom. The van der Waals surface area contributed by atoms with Gasteiger partial charge in [0.25, 0.3) is 5.91 Å². The van der Waals surface area contributed by atoms with E-state index in [1.54, 1.807) is 37.7 Å². The Morgan fingerprint density at radius 2 is 2.11 bits per heavy atom. The van der Waals surface area contributed by atoms with E-state index in [1.165, 1.54) is 0 Å². The van der Waals surface area contributed by atoms with Gasteiger partial charge in [0.1, 0.15) is 5.75 Å². The number of rotatable bonds is 3. The van der Waals surface area contributed by atoms with Gasteiger partial charge in [-0.25, -0.2) is 0 Å². The van der Waals surface area contributed by atoms with Crippen LogP contribution in [-0.4, -0.2) is 18.0 Å². The van der Waals surface area contributed by atoms with Gasteiger partial charge in [-0.05, 0) is 52.7 Å². The van der Waals surface area contributed by atoms with E-state index in [4.69, 9.17) is 4.74 Å². The average Bonchev–Trinajstić information content (AvgIpc) is 2.38. The van der Waals surface area contributed by atoms with Crippen molar-refractivity contribution < 1.29 is 9.53 Å². The van der Waals surface area contributed by atoms with Crippen LogP contribution in [0.15, 0.2) is 41.1 Å². The Bertz CT molecular complexity index is 614. The molecule has 1 heterocycles. The average molecular weight is 321 g/mol. The molecule has 1 amide bonds. The number of halogens is 1. The monoisotopic (exact) mass is 320 g/mol. The number of nitrogens with one attached hydrogen (secondary N) is 1. The molecule has 0 aliphatic carbocycles. The highest BCUT2D eigenvalue weighted by Crippen LogP contribution is 2.25. The zero-order chi connectivity index (χ0) is 13.8. The Hall–Kier alpha value is -1.88. The molecule has 1 aromatic carbocycles. The largest absolute Gasteiger partial charge is 0.496 e. The molecule has 1 aromatic heterocycles. The minimum atomic E-state index is -0.184. The van der Waals surface area contributed by atoms with Crippen molar-refractivity contribution in [2.24, 2.45) is 0 Å². The number of benzene rings is 1. The maximum Gasteiger partial charge on any atom is 0.255 e. The molecule has 0 unspecified atom stereocenters. The van der Waals surface area contributed by atoms with Gasteiger partial charge in [-0.15, -0.1) is 0 Å². The number of pyridine rings is 1. The number of amides is 1. The van der Waals surface area contributed by atoms with Gasteiger partial charge in [0.2, 0.25) is 0 Å². The molecule has 0 aliphatic heterocycles. The van der Waals surface area contributed by atoms with Crippen LogP contribution in [0.25, 0.3) is 0 Å². The molecular formula is C14H13BrN2O2. The summed E-state index contributed by atoms with van der Waals surface area (Å²) in [6.07, 6.45) is 3.35. The number of anilines is 1. The number of ether oxygens (including phenoxy) is 1. The summed E-state index contributed by atoms with van der Waals surface area (Å²) in [7, 11) is 1.58. The summed E-state index contributed by atoms with van der Waals surface area (Å²) in [4.78, 5) is 16.1. The van der Waals surface area contributed by atoms with Crippen LogP contribution in [0.5, 0.6) is 5.75 Å². The maximum absolute atomic E-state index is 12.1. The molecule has 5 heteroatoms. The molecule has 98 valence electrons. The van der Waals surface area contributed by atoms with Crippen LogP contribution in [0.2, 0.25) is 0 Å². The second-order valence-electron chi connectivity index (χ2n) is 4.05. The van der Waals surface area contributed by atoms with E-state index in [0.717, 1.165) is 10.0 Å². The third kappa shape index (κ3) is 3.32. The lowest BCUT2D eigenvalue weighted by Crippen LogP contribution is -2.12. The number of aromatic nitrogens is 1. The fourth-order valence-electron chi connectivity index (χ4n) is 1.63. The molecule has 4 nitrogen and oxygen atoms in total. The van der Waals surface area contributed by atoms with Crippen molar-refractivity contribution in [3.8, 4) is 5.75 Å². The molecule has 19 heavy (non-hydrogen) atoms. The molecule has 2 rings (SSSR count). The Labute approximate surface area is 119 Å². The second kappa shape index (κ2) is 5.84. The number of hydrogen-bond donors (Lipinski definition) is 1. The van der Waals surface area contributed by atoms with Crippen LogP contribution in [0, 0.1) is 6.92 Å². The number of carbonyl (C=O) groups is 1. The molecule has 0 aliphatic rings. The minimum Gasteiger partial charge on any atom is -0.496 e. The van der Waals surface area contributed by atoms with Crippen LogP contribution in [0.4, 0.5) is 5.69 Å². The molecule has 0 saturated heterocycles. The van der Waals surface area contributed by atoms with Crippen molar-refractivity contribution >= 4 is 27.5 Å². The molecular weight excluding hydrogens is 308 g/mol. The Morgan fingerprint density at radius 1 is 1.32 bits per heavy atom. The SMILES string of the molecule is COc1ccc(C(=O)Nc2cncc(C)c2)cc1Br. The van der Waals surface area contributed by atoms with Crippen LogP contribution in [0.1, 0.15) is 15.9 Å². The molecule has 1 N–H and O–H groups in total. The summed E-state index contributed by atoms with van der Waals surface area (Å²) in [5, 5.41) is 2.80. The van der Waals surface area contributed by atoms with Gasteiger partial charge in [-0.2, -0.15) is 0 Å². The Balaban J connectivity index is 2.18. The molecule has 0 spiro atoms. The maximum atomic E-state index is 12.1. The van der Waals surface area contributed by atoms with E-state index in [9.17, 15) is 4.79 Å². The highest BCUT2D eigenvalue weighted by molar-refractivity contribution is 9.10. The van der Waals surface area contributed by atoms with E-state index in [1.807, 2.05) is 13.0 Å². The van der Waals surface area contributed by atoms with Gasteiger partial charge >= 0.3 is 0 Å². The van der Waals surface area contributed by atoms with Gasteiger partial charge in [0.05, 0.1) is 23.5 Å². The lowest BCUT2D eigenvalue weighted by molar-refractivity contribution is 0.102. The predicted molar refractivity (Wildman–Crippen MR) is 77.6 cm³/mol. The van der Waals surface area contributed by atoms with E-state index in [-0.39, 0.29) is 5.91 Å². The number of aryl methyl sites for hydroxylation is 1. The molecule has 0 saturated carbocycles. The standard InChI is InChI=1S/C14H13BrN2O2/c1-9-5-11(8-16-7-9)17-14(18)10-3-4-13(19-2)12(15)6-10/h3-8H,1-2H3,(H,17,18). The van der Waals surface area contributed by atoms with E-state index in [2.05, 4.69) is 26.2 Å². The summed E-state index contributed by atoms with van der Waals surface area (Å²) in [5.41, 5.74) is 2.22. The highest BCUT2D eigenvalue weighted by atomic mass is 79.9. The van der Waals surface area contributed by atoms with E-state index < -0.39 is 0 Å². The lowest BCUT2D eigenvalue weighted by Gasteiger charge is -2.08. The summed E-state index contributed by atoms with van der Waals surface area (Å²) in [6.45, 7) is 1.92. The number of hydrogen-bond acceptors (Lipinski definition) is 3. The predicted octanol–water partition coefficient (Wildman–Crippen LogP) is 3.41. The smallest absolute Gasteiger partial charge is 0.255 e. The topological polar surface area (TPSA) is 51.2 Å². The van der Waals surface area contributed by atoms with Gasteiger partial charge < -0.3 is 10.1 Å². The molecule has 2 aromatic rings. The van der Waals surface area contributed by atoms with Crippen molar-refractivity contribution in [1.82, 2.24) is 4.98 Å². The third-order valence-corrected chi connectivity index (χ3v) is 3.17. The van der Waals surface area contributed by atoms with Crippen LogP contribution in [0.3, 0.4) is 0 Å². The fraction of sp³-hybridized carbons (Fsp3) is 0.143. The first kappa shape index (κ1) is 13.5. The van der Waals surface area contributed by atoms with Crippen molar-refractivity contribution in [3.63, 3.8) is 0 Å². The van der Waals surface area contributed by atoms with Gasteiger partial charge in [0, 0.05) is 11.8 Å². The second-order valence-corrected chi connectivity index (χ2v) is 4.91. The number of nitrogens with zero attached hydrogens (tertiary/aromatic N) is 1. The van der Waals surface area contributed by atoms with Crippen LogP contribution < -0.4 is 10.1 Å². The first-order valence-corrected chi connectivity index (χ1v) is 6.46. The van der Waals surface area contributed by atoms with Gasteiger partial charge in [-0.1, -0.05) is 0 Å². The summed E-state index contributed by atoms with van der Waals surface area (Å²) < 4.78 is 5.87.